The van der Waals surface area contributed by atoms with Crippen molar-refractivity contribution in [3.05, 3.63) is 70.8 Å². The maximum absolute atomic E-state index is 13.6. The van der Waals surface area contributed by atoms with Crippen LogP contribution in [0, 0.1) is 34.6 Å². The topological polar surface area (TPSA) is 211 Å². The zero-order chi connectivity index (χ0) is 50.7. The lowest BCUT2D eigenvalue weighted by Crippen LogP contribution is -2.48. The number of esters is 1. The van der Waals surface area contributed by atoms with Crippen molar-refractivity contribution < 1.29 is 80.2 Å². The fourth-order valence-corrected chi connectivity index (χ4v) is 6.58. The van der Waals surface area contributed by atoms with E-state index in [1.165, 1.54) is 34.1 Å². The third-order valence-corrected chi connectivity index (χ3v) is 8.99. The fourth-order valence-electron chi connectivity index (χ4n) is 6.58. The van der Waals surface area contributed by atoms with E-state index < -0.39 is 112 Å². The molecule has 0 aromatic heterocycles. The third kappa shape index (κ3) is 21.0. The monoisotopic (exact) mass is 977 g/mol. The molecule has 2 aliphatic heterocycles. The van der Waals surface area contributed by atoms with Crippen LogP contribution in [-0.4, -0.2) is 117 Å². The first-order chi connectivity index (χ1) is 30.1. The smallest absolute Gasteiger partial charge is 0.464 e. The molecule has 6 atom stereocenters. The number of likely N-dealkylation sites (tertiary alicyclic amines) is 2. The number of nitriles is 1. The van der Waals surface area contributed by atoms with Gasteiger partial charge >= 0.3 is 30.5 Å². The van der Waals surface area contributed by atoms with Gasteiger partial charge in [0.15, 0.2) is 12.2 Å². The van der Waals surface area contributed by atoms with Gasteiger partial charge in [0.1, 0.15) is 45.7 Å². The van der Waals surface area contributed by atoms with Crippen molar-refractivity contribution >= 4 is 42.9 Å². The number of carbonyl (C=O) groups is 5. The molecule has 2 N–H and O–H groups in total. The first kappa shape index (κ1) is 59.6. The summed E-state index contributed by atoms with van der Waals surface area (Å²) in [4.78, 5) is 61.4. The summed E-state index contributed by atoms with van der Waals surface area (Å²) in [5.41, 5.74) is -2.17. The van der Waals surface area contributed by atoms with Gasteiger partial charge in [-0.3, -0.25) is 0 Å². The maximum atomic E-state index is 13.6. The van der Waals surface area contributed by atoms with Gasteiger partial charge in [0.2, 0.25) is 0 Å². The Balaban J connectivity index is 0.000000519. The number of rotatable bonds is 6. The number of nitrogens with zero attached hydrogens (tertiary/aromatic N) is 3. The van der Waals surface area contributed by atoms with Crippen LogP contribution >= 0.6 is 12.4 Å². The van der Waals surface area contributed by atoms with E-state index in [0.29, 0.717) is 11.1 Å². The van der Waals surface area contributed by atoms with E-state index in [1.54, 1.807) is 96.1 Å². The van der Waals surface area contributed by atoms with E-state index in [-0.39, 0.29) is 44.9 Å². The number of ether oxygens (including phenoxy) is 6. The molecule has 2 aromatic rings. The highest BCUT2D eigenvalue weighted by molar-refractivity contribution is 5.85. The van der Waals surface area contributed by atoms with Gasteiger partial charge in [0.25, 0.3) is 0 Å². The molecule has 0 radical (unpaired) electrons. The largest absolute Gasteiger partial charge is 0.519 e. The van der Waals surface area contributed by atoms with E-state index in [2.05, 4.69) is 4.74 Å². The first-order valence-electron chi connectivity index (χ1n) is 21.1. The Hall–Kier alpha value is -5.39. The lowest BCUT2D eigenvalue weighted by Gasteiger charge is -2.30. The average molecular weight is 978 g/mol. The predicted molar refractivity (Wildman–Crippen MR) is 236 cm³/mol. The summed E-state index contributed by atoms with van der Waals surface area (Å²) < 4.78 is 83.3. The van der Waals surface area contributed by atoms with Gasteiger partial charge in [-0.2, -0.15) is 5.26 Å². The SMILES string of the molecule is CC(C)(C)OC(=O)N1C[C@H](c2cc(F)cc(F)c2)CC1C(O)C#N.CC(C)(C)OC(=O)OC(=O)OC(C)(C)C.CCOC(=O)C(O)C1C[C@@H](c2cc(F)cc(F)c2)CN1C(=O)OC(C)(C)C.Cl. The van der Waals surface area contributed by atoms with Crippen LogP contribution < -0.4 is 0 Å². The number of carbonyl (C=O) groups excluding carboxylic acids is 5. The zero-order valence-electron chi connectivity index (χ0n) is 40.1. The summed E-state index contributed by atoms with van der Waals surface area (Å²) in [6, 6.07) is 6.28. The highest BCUT2D eigenvalue weighted by Gasteiger charge is 2.45. The average Bonchev–Trinajstić information content (AvgIpc) is 3.78. The highest BCUT2D eigenvalue weighted by atomic mass is 35.5. The van der Waals surface area contributed by atoms with Crippen LogP contribution in [-0.2, 0) is 33.2 Å². The summed E-state index contributed by atoms with van der Waals surface area (Å²) in [7, 11) is 0. The Kier molecular flexibility index (Phi) is 21.9. The van der Waals surface area contributed by atoms with Crippen molar-refractivity contribution in [2.75, 3.05) is 19.7 Å². The van der Waals surface area contributed by atoms with Crippen LogP contribution in [0.2, 0.25) is 0 Å². The van der Waals surface area contributed by atoms with Gasteiger partial charge in [-0.05, 0) is 138 Å². The van der Waals surface area contributed by atoms with Crippen LogP contribution in [0.3, 0.4) is 0 Å². The van der Waals surface area contributed by atoms with Gasteiger partial charge in [0, 0.05) is 37.1 Å². The van der Waals surface area contributed by atoms with Crippen LogP contribution in [0.15, 0.2) is 36.4 Å². The van der Waals surface area contributed by atoms with Crippen molar-refractivity contribution in [2.45, 2.75) is 161 Å². The molecule has 4 rings (SSSR count). The van der Waals surface area contributed by atoms with Crippen molar-refractivity contribution in [3.63, 3.8) is 0 Å². The molecule has 67 heavy (non-hydrogen) atoms. The number of hydrogen-bond acceptors (Lipinski definition) is 14. The molecule has 4 unspecified atom stereocenters. The van der Waals surface area contributed by atoms with Crippen molar-refractivity contribution in [1.29, 1.82) is 5.26 Å². The summed E-state index contributed by atoms with van der Waals surface area (Å²) in [6.45, 7) is 22.1. The quantitative estimate of drug-likeness (QED) is 0.0909. The molecular formula is C46H64ClF4N3O13. The summed E-state index contributed by atoms with van der Waals surface area (Å²) in [5, 5.41) is 29.2. The molecule has 2 amide bonds. The highest BCUT2D eigenvalue weighted by Crippen LogP contribution is 2.37. The van der Waals surface area contributed by atoms with E-state index in [9.17, 15) is 51.7 Å². The van der Waals surface area contributed by atoms with Gasteiger partial charge in [0.05, 0.1) is 24.8 Å². The Morgan fingerprint density at radius 3 is 1.27 bits per heavy atom. The molecule has 0 bridgehead atoms. The molecule has 2 aliphatic rings. The molecule has 21 heteroatoms. The maximum Gasteiger partial charge on any atom is 0.519 e. The predicted octanol–water partition coefficient (Wildman–Crippen LogP) is 9.22. The number of amides is 2. The minimum Gasteiger partial charge on any atom is -0.464 e. The second-order valence-electron chi connectivity index (χ2n) is 19.5. The van der Waals surface area contributed by atoms with Gasteiger partial charge < -0.3 is 48.4 Å². The normalized spacial score (nSPS) is 19.1. The van der Waals surface area contributed by atoms with Crippen molar-refractivity contribution in [2.24, 2.45) is 0 Å². The Morgan fingerprint density at radius 1 is 0.627 bits per heavy atom. The minimum atomic E-state index is -1.58. The molecule has 2 aromatic carbocycles. The molecule has 0 saturated carbocycles. The number of halogens is 5. The standard InChI is InChI=1S/C19H25F2NO5.C17H20F2N2O3.C10H18O5.ClH/c1-5-26-17(24)16(23)15-8-12(11-6-13(20)9-14(21)7-11)10-22(15)18(25)27-19(2,3)4;1-17(2,3)24-16(23)21-9-11(6-14(21)15(22)8-20)10-4-12(18)7-13(19)5-10;1-9(2,3)14-7(11)13-8(12)15-10(4,5)6;/h6-7,9,12,15-16,23H,5,8,10H2,1-4H3;4-5,7,11,14-15,22H,6,9H2,1-3H3;1-6H3;1H/t12-,15?,16?;11-,14?,15?;;/m11../s1. The number of aliphatic hydroxyl groups excluding tert-OH is 2. The number of aliphatic hydroxyl groups is 2. The first-order valence-corrected chi connectivity index (χ1v) is 21.1. The minimum absolute atomic E-state index is 0. The van der Waals surface area contributed by atoms with E-state index in [0.717, 1.165) is 12.1 Å². The van der Waals surface area contributed by atoms with Crippen molar-refractivity contribution in [1.82, 2.24) is 9.80 Å². The Labute approximate surface area is 395 Å². The van der Waals surface area contributed by atoms with Crippen LogP contribution in [0.5, 0.6) is 0 Å². The Bertz CT molecular complexity index is 2000. The summed E-state index contributed by atoms with van der Waals surface area (Å²) in [6.07, 6.45) is -6.12. The van der Waals surface area contributed by atoms with Crippen LogP contribution in [0.4, 0.5) is 36.7 Å². The van der Waals surface area contributed by atoms with Gasteiger partial charge in [-0.15, -0.1) is 12.4 Å². The summed E-state index contributed by atoms with van der Waals surface area (Å²) >= 11 is 0. The number of benzene rings is 2. The lowest BCUT2D eigenvalue weighted by atomic mass is 9.94. The third-order valence-electron chi connectivity index (χ3n) is 8.99. The molecule has 0 aliphatic carbocycles. The summed E-state index contributed by atoms with van der Waals surface area (Å²) in [5.74, 6) is -4.60. The van der Waals surface area contributed by atoms with E-state index in [4.69, 9.17) is 28.9 Å². The molecule has 2 fully saturated rings. The zero-order valence-corrected chi connectivity index (χ0v) is 40.9. The molecule has 376 valence electrons. The van der Waals surface area contributed by atoms with Crippen LogP contribution in [0.1, 0.15) is 126 Å². The molecule has 2 saturated heterocycles. The molecule has 0 spiro atoms. The lowest BCUT2D eigenvalue weighted by molar-refractivity contribution is -0.156. The van der Waals surface area contributed by atoms with E-state index >= 15 is 0 Å². The Morgan fingerprint density at radius 2 is 0.955 bits per heavy atom. The fraction of sp³-hybridized carbons (Fsp3) is 0.609. The molecule has 2 heterocycles. The van der Waals surface area contributed by atoms with Crippen molar-refractivity contribution in [3.8, 4) is 6.07 Å². The van der Waals surface area contributed by atoms with Crippen LogP contribution in [0.25, 0.3) is 0 Å². The second-order valence-corrected chi connectivity index (χ2v) is 19.5. The molecular weight excluding hydrogens is 914 g/mol. The second kappa shape index (κ2) is 24.6. The van der Waals surface area contributed by atoms with E-state index in [1.807, 2.05) is 0 Å². The van der Waals surface area contributed by atoms with Gasteiger partial charge in [-0.25, -0.2) is 41.5 Å². The van der Waals surface area contributed by atoms with Gasteiger partial charge in [-0.1, -0.05) is 0 Å². The molecule has 16 nitrogen and oxygen atoms in total. The number of hydrogen-bond donors (Lipinski definition) is 2.